The SMILES string of the molecule is CCNC(=NCc1ccnc(OCC2CC2)c1)NCCCOCC1CCOCC1.I. The van der Waals surface area contributed by atoms with E-state index in [0.717, 1.165) is 82.8 Å². The van der Waals surface area contributed by atoms with Gasteiger partial charge in [0, 0.05) is 51.8 Å². The topological polar surface area (TPSA) is 77.0 Å². The Morgan fingerprint density at radius 1 is 1.17 bits per heavy atom. The van der Waals surface area contributed by atoms with E-state index < -0.39 is 0 Å². The van der Waals surface area contributed by atoms with Crippen LogP contribution in [0.1, 0.15) is 44.6 Å². The number of guanidine groups is 1. The Kier molecular flexibility index (Phi) is 12.4. The van der Waals surface area contributed by atoms with Crippen LogP contribution in [0.2, 0.25) is 0 Å². The first-order chi connectivity index (χ1) is 14.3. The minimum absolute atomic E-state index is 0. The van der Waals surface area contributed by atoms with E-state index >= 15 is 0 Å². The van der Waals surface area contributed by atoms with Gasteiger partial charge in [0.15, 0.2) is 5.96 Å². The van der Waals surface area contributed by atoms with Crippen molar-refractivity contribution in [3.05, 3.63) is 23.9 Å². The molecule has 1 aromatic heterocycles. The minimum Gasteiger partial charge on any atom is -0.477 e. The third kappa shape index (κ3) is 10.3. The molecule has 0 spiro atoms. The maximum Gasteiger partial charge on any atom is 0.213 e. The van der Waals surface area contributed by atoms with Crippen molar-refractivity contribution < 1.29 is 14.2 Å². The van der Waals surface area contributed by atoms with E-state index in [2.05, 4.69) is 27.5 Å². The molecule has 1 aliphatic carbocycles. The molecule has 2 N–H and O–H groups in total. The Morgan fingerprint density at radius 3 is 2.73 bits per heavy atom. The highest BCUT2D eigenvalue weighted by molar-refractivity contribution is 14.0. The van der Waals surface area contributed by atoms with Gasteiger partial charge in [-0.15, -0.1) is 24.0 Å². The van der Waals surface area contributed by atoms with Crippen molar-refractivity contribution in [2.45, 2.75) is 45.6 Å². The number of nitrogens with one attached hydrogen (secondary N) is 2. The van der Waals surface area contributed by atoms with Gasteiger partial charge in [0.05, 0.1) is 13.2 Å². The van der Waals surface area contributed by atoms with Crippen LogP contribution in [-0.4, -0.2) is 57.1 Å². The second-order valence-electron chi connectivity index (χ2n) is 7.86. The largest absolute Gasteiger partial charge is 0.477 e. The third-order valence-corrected chi connectivity index (χ3v) is 5.18. The van der Waals surface area contributed by atoms with Gasteiger partial charge in [-0.3, -0.25) is 0 Å². The molecule has 0 unspecified atom stereocenters. The van der Waals surface area contributed by atoms with E-state index in [1.54, 1.807) is 6.20 Å². The van der Waals surface area contributed by atoms with Crippen molar-refractivity contribution in [2.75, 3.05) is 46.1 Å². The van der Waals surface area contributed by atoms with Crippen molar-refractivity contribution in [3.63, 3.8) is 0 Å². The fourth-order valence-corrected chi connectivity index (χ4v) is 3.17. The lowest BCUT2D eigenvalue weighted by Crippen LogP contribution is -2.38. The Balaban J connectivity index is 0.00000320. The van der Waals surface area contributed by atoms with Crippen LogP contribution in [0.3, 0.4) is 0 Å². The zero-order valence-electron chi connectivity index (χ0n) is 18.1. The lowest BCUT2D eigenvalue weighted by atomic mass is 10.0. The summed E-state index contributed by atoms with van der Waals surface area (Å²) in [5, 5.41) is 6.68. The zero-order chi connectivity index (χ0) is 20.2. The summed E-state index contributed by atoms with van der Waals surface area (Å²) < 4.78 is 17.0. The van der Waals surface area contributed by atoms with Gasteiger partial charge < -0.3 is 24.8 Å². The molecule has 7 nitrogen and oxygen atoms in total. The first kappa shape index (κ1) is 25.1. The number of hydrogen-bond acceptors (Lipinski definition) is 5. The minimum atomic E-state index is 0. The molecule has 0 amide bonds. The molecule has 1 aliphatic heterocycles. The van der Waals surface area contributed by atoms with Crippen LogP contribution < -0.4 is 15.4 Å². The maximum absolute atomic E-state index is 5.82. The highest BCUT2D eigenvalue weighted by Gasteiger charge is 2.22. The number of rotatable bonds is 12. The second-order valence-corrected chi connectivity index (χ2v) is 7.86. The average molecular weight is 532 g/mol. The lowest BCUT2D eigenvalue weighted by molar-refractivity contribution is 0.0203. The average Bonchev–Trinajstić information content (AvgIpc) is 3.58. The molecule has 1 aromatic rings. The van der Waals surface area contributed by atoms with Crippen LogP contribution >= 0.6 is 24.0 Å². The molecule has 2 aliphatic rings. The van der Waals surface area contributed by atoms with E-state index in [9.17, 15) is 0 Å². The maximum atomic E-state index is 5.82. The molecule has 30 heavy (non-hydrogen) atoms. The van der Waals surface area contributed by atoms with Crippen LogP contribution in [0.15, 0.2) is 23.3 Å². The number of aliphatic imine (C=N–C) groups is 1. The zero-order valence-corrected chi connectivity index (χ0v) is 20.4. The summed E-state index contributed by atoms with van der Waals surface area (Å²) in [7, 11) is 0. The number of ether oxygens (including phenoxy) is 3. The molecule has 0 atom stereocenters. The molecule has 2 fully saturated rings. The van der Waals surface area contributed by atoms with Crippen LogP contribution in [0.5, 0.6) is 5.88 Å². The molecule has 170 valence electrons. The standard InChI is InChI=1S/C22H36N4O3.HI/c1-2-23-22(25-9-3-11-28-16-19-7-12-27-13-8-19)26-15-20-6-10-24-21(14-20)29-17-18-4-5-18;/h6,10,14,18-19H,2-5,7-9,11-13,15-17H2,1H3,(H2,23,25,26);1H. The summed E-state index contributed by atoms with van der Waals surface area (Å²) in [6, 6.07) is 3.97. The Bertz CT molecular complexity index is 622. The number of aromatic nitrogens is 1. The van der Waals surface area contributed by atoms with Crippen molar-refractivity contribution in [3.8, 4) is 5.88 Å². The van der Waals surface area contributed by atoms with Gasteiger partial charge >= 0.3 is 0 Å². The highest BCUT2D eigenvalue weighted by atomic mass is 127. The smallest absolute Gasteiger partial charge is 0.213 e. The lowest BCUT2D eigenvalue weighted by Gasteiger charge is -2.21. The fraction of sp³-hybridized carbons (Fsp3) is 0.727. The van der Waals surface area contributed by atoms with Crippen molar-refractivity contribution in [2.24, 2.45) is 16.8 Å². The fourth-order valence-electron chi connectivity index (χ4n) is 3.17. The summed E-state index contributed by atoms with van der Waals surface area (Å²) in [5.74, 6) is 2.91. The summed E-state index contributed by atoms with van der Waals surface area (Å²) >= 11 is 0. The predicted molar refractivity (Wildman–Crippen MR) is 130 cm³/mol. The number of pyridine rings is 1. The van der Waals surface area contributed by atoms with Gasteiger partial charge in [-0.25, -0.2) is 9.98 Å². The van der Waals surface area contributed by atoms with Crippen molar-refractivity contribution in [1.29, 1.82) is 0 Å². The van der Waals surface area contributed by atoms with E-state index in [-0.39, 0.29) is 24.0 Å². The van der Waals surface area contributed by atoms with Crippen LogP contribution in [0, 0.1) is 11.8 Å². The molecule has 1 saturated carbocycles. The predicted octanol–water partition coefficient (Wildman–Crippen LogP) is 3.38. The Hall–Kier alpha value is -1.13. The quantitative estimate of drug-likeness (QED) is 0.186. The summed E-state index contributed by atoms with van der Waals surface area (Å²) in [4.78, 5) is 8.97. The van der Waals surface area contributed by atoms with Crippen LogP contribution in [0.25, 0.3) is 0 Å². The van der Waals surface area contributed by atoms with Crippen LogP contribution in [-0.2, 0) is 16.0 Å². The second kappa shape index (κ2) is 14.8. The molecule has 0 bridgehead atoms. The van der Waals surface area contributed by atoms with Gasteiger partial charge in [0.25, 0.3) is 0 Å². The molecule has 8 heteroatoms. The van der Waals surface area contributed by atoms with Gasteiger partial charge in [0.2, 0.25) is 5.88 Å². The normalized spacial score (nSPS) is 17.3. The number of hydrogen-bond donors (Lipinski definition) is 2. The van der Waals surface area contributed by atoms with E-state index in [1.165, 1.54) is 12.8 Å². The highest BCUT2D eigenvalue weighted by Crippen LogP contribution is 2.29. The molecule has 0 aromatic carbocycles. The monoisotopic (exact) mass is 532 g/mol. The first-order valence-corrected chi connectivity index (χ1v) is 11.1. The molecule has 0 radical (unpaired) electrons. The third-order valence-electron chi connectivity index (χ3n) is 5.18. The number of halogens is 1. The van der Waals surface area contributed by atoms with Crippen molar-refractivity contribution >= 4 is 29.9 Å². The van der Waals surface area contributed by atoms with E-state index in [1.807, 2.05) is 12.1 Å². The molecule has 3 rings (SSSR count). The first-order valence-electron chi connectivity index (χ1n) is 11.1. The van der Waals surface area contributed by atoms with Crippen LogP contribution in [0.4, 0.5) is 0 Å². The van der Waals surface area contributed by atoms with Gasteiger partial charge in [-0.05, 0) is 62.5 Å². The Labute approximate surface area is 197 Å². The Morgan fingerprint density at radius 2 is 1.97 bits per heavy atom. The summed E-state index contributed by atoms with van der Waals surface area (Å²) in [5.41, 5.74) is 1.10. The van der Waals surface area contributed by atoms with Crippen molar-refractivity contribution in [1.82, 2.24) is 15.6 Å². The molecule has 2 heterocycles. The van der Waals surface area contributed by atoms with E-state index in [0.29, 0.717) is 18.3 Å². The summed E-state index contributed by atoms with van der Waals surface area (Å²) in [6.45, 7) is 8.50. The molecule has 1 saturated heterocycles. The molecular formula is C22H37IN4O3. The summed E-state index contributed by atoms with van der Waals surface area (Å²) in [6.07, 6.45) is 7.56. The van der Waals surface area contributed by atoms with Gasteiger partial charge in [-0.2, -0.15) is 0 Å². The number of nitrogens with zero attached hydrogens (tertiary/aromatic N) is 2. The van der Waals surface area contributed by atoms with E-state index in [4.69, 9.17) is 14.2 Å². The molecular weight excluding hydrogens is 495 g/mol. The van der Waals surface area contributed by atoms with Gasteiger partial charge in [-0.1, -0.05) is 0 Å². The van der Waals surface area contributed by atoms with Gasteiger partial charge in [0.1, 0.15) is 0 Å².